The van der Waals surface area contributed by atoms with Gasteiger partial charge in [-0.15, -0.1) is 11.3 Å². The molecule has 0 radical (unpaired) electrons. The number of likely N-dealkylation sites (tertiary alicyclic amines) is 2. The Balaban J connectivity index is 1.29. The zero-order valence-electron chi connectivity index (χ0n) is 26.5. The van der Waals surface area contributed by atoms with Crippen LogP contribution in [0.15, 0.2) is 41.8 Å². The second-order valence-corrected chi connectivity index (χ2v) is 13.9. The molecule has 2 aromatic carbocycles. The number of Topliss-reactive ketones (excluding diaryl/α,β-unsaturated/α-hetero) is 1. The molecule has 2 atom stereocenters. The number of carbonyl (C=O) groups is 3. The van der Waals surface area contributed by atoms with Crippen molar-refractivity contribution in [2.24, 2.45) is 5.92 Å². The van der Waals surface area contributed by atoms with Gasteiger partial charge in [0.1, 0.15) is 12.0 Å². The molecule has 9 nitrogen and oxygen atoms in total. The molecule has 2 aliphatic heterocycles. The van der Waals surface area contributed by atoms with Crippen LogP contribution in [0.4, 0.5) is 10.1 Å². The summed E-state index contributed by atoms with van der Waals surface area (Å²) in [5, 5.41) is 15.0. The zero-order valence-corrected chi connectivity index (χ0v) is 28.1. The Bertz CT molecular complexity index is 1620. The Morgan fingerprint density at radius 2 is 1.81 bits per heavy atom. The number of halogens is 2. The first-order valence-electron chi connectivity index (χ1n) is 16.5. The van der Waals surface area contributed by atoms with E-state index < -0.39 is 29.5 Å². The maximum absolute atomic E-state index is 15.8. The average molecular weight is 686 g/mol. The van der Waals surface area contributed by atoms with Gasteiger partial charge in [0.05, 0.1) is 28.3 Å². The van der Waals surface area contributed by atoms with Crippen LogP contribution < -0.4 is 5.32 Å². The van der Waals surface area contributed by atoms with Crippen LogP contribution in [0.2, 0.25) is 5.02 Å². The first-order chi connectivity index (χ1) is 22.7. The van der Waals surface area contributed by atoms with Crippen LogP contribution in [0.25, 0.3) is 10.1 Å². The second-order valence-electron chi connectivity index (χ2n) is 12.6. The summed E-state index contributed by atoms with van der Waals surface area (Å²) in [5.41, 5.74) is 0.697. The van der Waals surface area contributed by atoms with Gasteiger partial charge in [-0.25, -0.2) is 9.29 Å². The largest absolute Gasteiger partial charge is 0.481 e. The summed E-state index contributed by atoms with van der Waals surface area (Å²) in [4.78, 5) is 43.7. The molecular formula is C35H41ClFN3O6S. The predicted octanol–water partition coefficient (Wildman–Crippen LogP) is 6.93. The van der Waals surface area contributed by atoms with Crippen LogP contribution in [0.3, 0.4) is 0 Å². The van der Waals surface area contributed by atoms with Crippen LogP contribution in [-0.4, -0.2) is 77.0 Å². The second kappa shape index (κ2) is 14.7. The van der Waals surface area contributed by atoms with Gasteiger partial charge in [-0.3, -0.25) is 19.3 Å². The Hall–Kier alpha value is -2.93. The van der Waals surface area contributed by atoms with Gasteiger partial charge >= 0.3 is 5.97 Å². The molecule has 1 amide bonds. The number of amides is 1. The van der Waals surface area contributed by atoms with E-state index in [4.69, 9.17) is 21.1 Å². The van der Waals surface area contributed by atoms with Crippen LogP contribution in [0, 0.1) is 11.7 Å². The van der Waals surface area contributed by atoms with Gasteiger partial charge < -0.3 is 19.9 Å². The lowest BCUT2D eigenvalue weighted by atomic mass is 9.87. The molecule has 1 aliphatic carbocycles. The summed E-state index contributed by atoms with van der Waals surface area (Å²) in [5.74, 6) is -4.11. The number of benzene rings is 2. The predicted molar refractivity (Wildman–Crippen MR) is 179 cm³/mol. The minimum atomic E-state index is -1.50. The molecule has 47 heavy (non-hydrogen) atoms. The highest BCUT2D eigenvalue weighted by Gasteiger charge is 2.56. The summed E-state index contributed by atoms with van der Waals surface area (Å²) in [6, 6.07) is 10.1. The first-order valence-corrected chi connectivity index (χ1v) is 17.8. The van der Waals surface area contributed by atoms with Crippen molar-refractivity contribution in [3.63, 3.8) is 0 Å². The smallest absolute Gasteiger partial charge is 0.306 e. The molecule has 2 unspecified atom stereocenters. The third-order valence-corrected chi connectivity index (χ3v) is 10.9. The number of rotatable bonds is 12. The number of ether oxygens (including phenoxy) is 2. The van der Waals surface area contributed by atoms with Gasteiger partial charge in [0, 0.05) is 48.1 Å². The van der Waals surface area contributed by atoms with Crippen LogP contribution in [0.5, 0.6) is 0 Å². The Morgan fingerprint density at radius 3 is 2.53 bits per heavy atom. The van der Waals surface area contributed by atoms with Gasteiger partial charge in [-0.05, 0) is 82.1 Å². The molecule has 1 aromatic heterocycles. The maximum atomic E-state index is 15.8. The molecular weight excluding hydrogens is 645 g/mol. The number of thiophene rings is 1. The molecule has 0 spiro atoms. The number of nitrogens with zero attached hydrogens (tertiary/aromatic N) is 2. The van der Waals surface area contributed by atoms with E-state index in [9.17, 15) is 19.5 Å². The minimum Gasteiger partial charge on any atom is -0.481 e. The molecule has 1 saturated carbocycles. The van der Waals surface area contributed by atoms with Gasteiger partial charge in [-0.2, -0.15) is 0 Å². The number of carbonyl (C=O) groups excluding carboxylic acids is 2. The Labute approximate surface area is 283 Å². The fraction of sp³-hybridized carbons (Fsp3) is 0.514. The van der Waals surface area contributed by atoms with Crippen molar-refractivity contribution in [1.82, 2.24) is 9.80 Å². The van der Waals surface area contributed by atoms with E-state index in [2.05, 4.69) is 10.2 Å². The molecule has 0 bridgehead atoms. The standard InChI is InChI=1S/C35H41ClFN3O6S/c1-2-45-32-10-7-17-40(32)35(39-15-5-6-16-39,46-24-13-11-22(12-14-24)34(43)44)31(41)19-23-18-27(36)29(20-28(23)37)38-33(42)26-21-47-30-9-4-3-8-25(26)30/h3-4,8-9,18,20-22,24,32H,2,5-7,10-17,19H2,1H3,(H,38,42)(H,43,44). The normalized spacial score (nSPS) is 23.6. The van der Waals surface area contributed by atoms with E-state index in [-0.39, 0.29) is 40.8 Å². The summed E-state index contributed by atoms with van der Waals surface area (Å²) in [7, 11) is 0. The number of anilines is 1. The van der Waals surface area contributed by atoms with Gasteiger partial charge in [-0.1, -0.05) is 29.8 Å². The SMILES string of the molecule is CCOC1CCCN1C(OC1CCC(C(=O)O)CC1)(C(=O)Cc1cc(Cl)c(NC(=O)c2csc3ccccc23)cc1F)N1CCCC1. The number of hydrogen-bond donors (Lipinski definition) is 2. The van der Waals surface area contributed by atoms with Crippen LogP contribution >= 0.6 is 22.9 Å². The van der Waals surface area contributed by atoms with E-state index in [1.807, 2.05) is 36.1 Å². The van der Waals surface area contributed by atoms with Crippen molar-refractivity contribution >= 4 is 56.4 Å². The summed E-state index contributed by atoms with van der Waals surface area (Å²) in [6.07, 6.45) is 4.34. The highest BCUT2D eigenvalue weighted by atomic mass is 35.5. The van der Waals surface area contributed by atoms with Gasteiger partial charge in [0.2, 0.25) is 5.85 Å². The van der Waals surface area contributed by atoms with E-state index in [0.29, 0.717) is 57.5 Å². The summed E-state index contributed by atoms with van der Waals surface area (Å²) < 4.78 is 29.9. The molecule has 252 valence electrons. The zero-order chi connectivity index (χ0) is 33.1. The number of carboxylic acid groups (broad SMARTS) is 1. The molecule has 3 aliphatic rings. The number of ketones is 1. The Morgan fingerprint density at radius 1 is 1.06 bits per heavy atom. The van der Waals surface area contributed by atoms with Crippen LogP contribution in [0.1, 0.15) is 74.2 Å². The molecule has 3 fully saturated rings. The average Bonchev–Trinajstić information content (AvgIpc) is 3.85. The summed E-state index contributed by atoms with van der Waals surface area (Å²) in [6.45, 7) is 4.23. The molecule has 3 aromatic rings. The Kier molecular flexibility index (Phi) is 10.6. The van der Waals surface area contributed by atoms with Crippen molar-refractivity contribution in [3.8, 4) is 0 Å². The topological polar surface area (TPSA) is 108 Å². The molecule has 2 N–H and O–H groups in total. The van der Waals surface area contributed by atoms with Crippen molar-refractivity contribution in [3.05, 3.63) is 63.7 Å². The number of aliphatic carboxylic acids is 1. The van der Waals surface area contributed by atoms with Gasteiger partial charge in [0.15, 0.2) is 5.78 Å². The number of carboxylic acids is 1. The lowest BCUT2D eigenvalue weighted by molar-refractivity contribution is -0.278. The highest BCUT2D eigenvalue weighted by Crippen LogP contribution is 2.40. The number of fused-ring (bicyclic) bond motifs is 1. The third kappa shape index (κ3) is 6.97. The molecule has 2 saturated heterocycles. The van der Waals surface area contributed by atoms with Crippen molar-refractivity contribution in [2.45, 2.75) is 82.9 Å². The number of hydrogen-bond acceptors (Lipinski definition) is 8. The molecule has 3 heterocycles. The lowest BCUT2D eigenvalue weighted by Gasteiger charge is -2.50. The van der Waals surface area contributed by atoms with E-state index in [1.165, 1.54) is 23.5 Å². The highest BCUT2D eigenvalue weighted by molar-refractivity contribution is 7.17. The molecule has 12 heteroatoms. The van der Waals surface area contributed by atoms with Gasteiger partial charge in [0.25, 0.3) is 5.91 Å². The minimum absolute atomic E-state index is 0.105. The van der Waals surface area contributed by atoms with Crippen molar-refractivity contribution in [1.29, 1.82) is 0 Å². The number of nitrogens with one attached hydrogen (secondary N) is 1. The van der Waals surface area contributed by atoms with Crippen molar-refractivity contribution in [2.75, 3.05) is 31.6 Å². The first kappa shape index (κ1) is 34.0. The fourth-order valence-electron chi connectivity index (χ4n) is 7.31. The lowest BCUT2D eigenvalue weighted by Crippen LogP contribution is -2.69. The van der Waals surface area contributed by atoms with E-state index >= 15 is 4.39 Å². The van der Waals surface area contributed by atoms with Crippen molar-refractivity contribution < 1.29 is 33.4 Å². The third-order valence-electron chi connectivity index (χ3n) is 9.66. The van der Waals surface area contributed by atoms with E-state index in [1.54, 1.807) is 5.38 Å². The fourth-order valence-corrected chi connectivity index (χ4v) is 8.48. The monoisotopic (exact) mass is 685 g/mol. The quantitative estimate of drug-likeness (QED) is 0.212. The van der Waals surface area contributed by atoms with Crippen LogP contribution in [-0.2, 0) is 25.5 Å². The van der Waals surface area contributed by atoms with E-state index in [0.717, 1.165) is 35.8 Å². The summed E-state index contributed by atoms with van der Waals surface area (Å²) >= 11 is 8.07. The molecule has 6 rings (SSSR count). The maximum Gasteiger partial charge on any atom is 0.306 e.